The zero-order chi connectivity index (χ0) is 17.7. The van der Waals surface area contributed by atoms with Gasteiger partial charge in [-0.2, -0.15) is 0 Å². The van der Waals surface area contributed by atoms with E-state index in [1.165, 1.54) is 0 Å². The third kappa shape index (κ3) is 2.84. The molecule has 2 aromatic rings. The molecule has 6 heteroatoms. The Hall–Kier alpha value is -2.21. The van der Waals surface area contributed by atoms with Crippen LogP contribution in [0.3, 0.4) is 0 Å². The molecule has 1 aliphatic carbocycles. The Morgan fingerprint density at radius 3 is 2.68 bits per heavy atom. The van der Waals surface area contributed by atoms with E-state index >= 15 is 0 Å². The number of morpholine rings is 1. The van der Waals surface area contributed by atoms with Gasteiger partial charge in [0.15, 0.2) is 0 Å². The number of anilines is 1. The Labute approximate surface area is 146 Å². The van der Waals surface area contributed by atoms with Gasteiger partial charge in [-0.25, -0.2) is 0 Å². The fourth-order valence-electron chi connectivity index (χ4n) is 4.54. The van der Waals surface area contributed by atoms with Gasteiger partial charge >= 0.3 is 5.69 Å². The van der Waals surface area contributed by atoms with Crippen LogP contribution in [0, 0.1) is 10.1 Å². The second-order valence-electron chi connectivity index (χ2n) is 7.87. The summed E-state index contributed by atoms with van der Waals surface area (Å²) in [5.74, 6) is 0. The maximum absolute atomic E-state index is 11.9. The summed E-state index contributed by atoms with van der Waals surface area (Å²) in [6, 6.07) is 7.25. The van der Waals surface area contributed by atoms with Crippen LogP contribution in [0.5, 0.6) is 0 Å². The summed E-state index contributed by atoms with van der Waals surface area (Å²) >= 11 is 0. The quantitative estimate of drug-likeness (QED) is 0.608. The smallest absolute Gasteiger partial charge is 0.301 e. The summed E-state index contributed by atoms with van der Waals surface area (Å²) < 4.78 is 6.44. The van der Waals surface area contributed by atoms with Gasteiger partial charge in [0.05, 0.1) is 27.0 Å². The molecule has 1 aliphatic heterocycles. The predicted molar refractivity (Wildman–Crippen MR) is 97.0 cm³/mol. The van der Waals surface area contributed by atoms with Crippen LogP contribution in [-0.4, -0.2) is 34.2 Å². The molecule has 0 radical (unpaired) electrons. The highest BCUT2D eigenvalue weighted by Gasteiger charge is 2.47. The molecule has 2 heterocycles. The van der Waals surface area contributed by atoms with Crippen molar-refractivity contribution in [3.05, 3.63) is 40.6 Å². The highest BCUT2D eigenvalue weighted by atomic mass is 16.6. The highest BCUT2D eigenvalue weighted by molar-refractivity contribution is 5.94. The topological polar surface area (TPSA) is 68.5 Å². The minimum Gasteiger partial charge on any atom is -0.365 e. The van der Waals surface area contributed by atoms with Crippen LogP contribution in [0.25, 0.3) is 10.9 Å². The van der Waals surface area contributed by atoms with Gasteiger partial charge in [0, 0.05) is 19.3 Å². The molecule has 1 saturated heterocycles. The van der Waals surface area contributed by atoms with E-state index in [-0.39, 0.29) is 21.8 Å². The Balaban J connectivity index is 1.83. The first-order chi connectivity index (χ1) is 11.9. The number of hydrogen-bond donors (Lipinski definition) is 0. The lowest BCUT2D eigenvalue weighted by atomic mass is 9.93. The summed E-state index contributed by atoms with van der Waals surface area (Å²) in [5.41, 5.74) is 0.963. The van der Waals surface area contributed by atoms with Crippen molar-refractivity contribution in [3.8, 4) is 0 Å². The van der Waals surface area contributed by atoms with Crippen molar-refractivity contribution < 1.29 is 9.66 Å². The lowest BCUT2D eigenvalue weighted by Crippen LogP contribution is -2.58. The number of ether oxygens (including phenoxy) is 1. The molecule has 0 unspecified atom stereocenters. The van der Waals surface area contributed by atoms with Gasteiger partial charge in [0.1, 0.15) is 5.69 Å². The molecule has 0 amide bonds. The molecule has 1 aromatic carbocycles. The third-order valence-electron chi connectivity index (χ3n) is 5.32. The number of nitro benzene ring substituents is 1. The van der Waals surface area contributed by atoms with E-state index in [9.17, 15) is 10.1 Å². The number of rotatable bonds is 2. The summed E-state index contributed by atoms with van der Waals surface area (Å²) in [5, 5.41) is 12.5. The molecule has 6 nitrogen and oxygen atoms in total. The highest BCUT2D eigenvalue weighted by Crippen LogP contribution is 2.44. The number of fused-ring (bicyclic) bond motifs is 1. The molecule has 132 valence electrons. The summed E-state index contributed by atoms with van der Waals surface area (Å²) in [6.45, 7) is 5.51. The summed E-state index contributed by atoms with van der Waals surface area (Å²) in [4.78, 5) is 18.0. The first kappa shape index (κ1) is 16.3. The fraction of sp³-hybridized carbons (Fsp3) is 0.526. The van der Waals surface area contributed by atoms with Crippen molar-refractivity contribution in [2.24, 2.45) is 0 Å². The number of nitrogens with zero attached hydrogens (tertiary/aromatic N) is 3. The van der Waals surface area contributed by atoms with Crippen molar-refractivity contribution in [1.82, 2.24) is 4.98 Å². The zero-order valence-corrected chi connectivity index (χ0v) is 14.7. The molecule has 0 N–H and O–H groups in total. The third-order valence-corrected chi connectivity index (χ3v) is 5.32. The molecule has 1 aromatic heterocycles. The standard InChI is InChI=1S/C19H23N3O3/c1-18(2)12-21(13-19(25-18)9-3-4-10-19)16-8-7-15-14(6-5-11-20-15)17(16)22(23)24/h5-8,11H,3-4,9-10,12-13H2,1-2H3. The fourth-order valence-corrected chi connectivity index (χ4v) is 4.54. The van der Waals surface area contributed by atoms with Crippen LogP contribution < -0.4 is 4.90 Å². The molecule has 2 aliphatic rings. The van der Waals surface area contributed by atoms with Gasteiger partial charge in [-0.15, -0.1) is 0 Å². The van der Waals surface area contributed by atoms with E-state index in [1.807, 2.05) is 12.1 Å². The van der Waals surface area contributed by atoms with E-state index in [0.717, 1.165) is 25.7 Å². The Bertz CT molecular complexity index is 828. The van der Waals surface area contributed by atoms with E-state index < -0.39 is 0 Å². The Kier molecular flexibility index (Phi) is 3.68. The van der Waals surface area contributed by atoms with Crippen molar-refractivity contribution in [1.29, 1.82) is 0 Å². The van der Waals surface area contributed by atoms with E-state index in [2.05, 4.69) is 23.7 Å². The SMILES string of the molecule is CC1(C)CN(c2ccc3ncccc3c2[N+](=O)[O-])CC2(CCCC2)O1. The van der Waals surface area contributed by atoms with Crippen LogP contribution in [0.1, 0.15) is 39.5 Å². The lowest BCUT2D eigenvalue weighted by Gasteiger charge is -2.49. The van der Waals surface area contributed by atoms with E-state index in [0.29, 0.717) is 29.7 Å². The maximum Gasteiger partial charge on any atom is 0.301 e. The average molecular weight is 341 g/mol. The maximum atomic E-state index is 11.9. The molecule has 25 heavy (non-hydrogen) atoms. The summed E-state index contributed by atoms with van der Waals surface area (Å²) in [7, 11) is 0. The number of aromatic nitrogens is 1. The van der Waals surface area contributed by atoms with Gasteiger partial charge in [-0.05, 0) is 51.0 Å². The zero-order valence-electron chi connectivity index (χ0n) is 14.7. The number of pyridine rings is 1. The van der Waals surface area contributed by atoms with Gasteiger partial charge in [-0.1, -0.05) is 12.8 Å². The van der Waals surface area contributed by atoms with E-state index in [4.69, 9.17) is 4.74 Å². The lowest BCUT2D eigenvalue weighted by molar-refractivity contribution is -0.382. The van der Waals surface area contributed by atoms with Crippen LogP contribution in [0.4, 0.5) is 11.4 Å². The monoisotopic (exact) mass is 341 g/mol. The van der Waals surface area contributed by atoms with Crippen LogP contribution in [-0.2, 0) is 4.74 Å². The van der Waals surface area contributed by atoms with Crippen LogP contribution in [0.2, 0.25) is 0 Å². The molecule has 0 bridgehead atoms. The van der Waals surface area contributed by atoms with Crippen molar-refractivity contribution >= 4 is 22.3 Å². The van der Waals surface area contributed by atoms with Gasteiger partial charge in [0.25, 0.3) is 0 Å². The predicted octanol–water partition coefficient (Wildman–Crippen LogP) is 4.07. The first-order valence-electron chi connectivity index (χ1n) is 8.87. The van der Waals surface area contributed by atoms with Crippen molar-refractivity contribution in [3.63, 3.8) is 0 Å². The molecule has 1 spiro atoms. The molecule has 4 rings (SSSR count). The van der Waals surface area contributed by atoms with Crippen LogP contribution in [0.15, 0.2) is 30.5 Å². The largest absolute Gasteiger partial charge is 0.365 e. The Morgan fingerprint density at radius 1 is 1.20 bits per heavy atom. The normalized spacial score (nSPS) is 21.8. The second-order valence-corrected chi connectivity index (χ2v) is 7.87. The average Bonchev–Trinajstić information content (AvgIpc) is 2.99. The van der Waals surface area contributed by atoms with Gasteiger partial charge < -0.3 is 9.64 Å². The number of benzene rings is 1. The molecule has 0 atom stereocenters. The minimum atomic E-state index is -0.333. The molecular formula is C19H23N3O3. The molecule has 2 fully saturated rings. The molecule has 1 saturated carbocycles. The minimum absolute atomic E-state index is 0.149. The first-order valence-corrected chi connectivity index (χ1v) is 8.87. The van der Waals surface area contributed by atoms with Crippen LogP contribution >= 0.6 is 0 Å². The van der Waals surface area contributed by atoms with Crippen molar-refractivity contribution in [2.75, 3.05) is 18.0 Å². The Morgan fingerprint density at radius 2 is 1.96 bits per heavy atom. The second kappa shape index (κ2) is 5.66. The van der Waals surface area contributed by atoms with E-state index in [1.54, 1.807) is 18.3 Å². The van der Waals surface area contributed by atoms with Crippen molar-refractivity contribution in [2.45, 2.75) is 50.7 Å². The van der Waals surface area contributed by atoms with Gasteiger partial charge in [-0.3, -0.25) is 15.1 Å². The number of nitro groups is 1. The summed E-state index contributed by atoms with van der Waals surface area (Å²) in [6.07, 6.45) is 6.03. The van der Waals surface area contributed by atoms with Gasteiger partial charge in [0.2, 0.25) is 0 Å². The molecular weight excluding hydrogens is 318 g/mol. The number of hydrogen-bond acceptors (Lipinski definition) is 5.